The molecule has 2 heterocycles. The molecule has 0 unspecified atom stereocenters. The first-order chi connectivity index (χ1) is 13.3. The van der Waals surface area contributed by atoms with Gasteiger partial charge in [0.1, 0.15) is 23.1 Å². The van der Waals surface area contributed by atoms with Crippen molar-refractivity contribution < 1.29 is 14.3 Å². The van der Waals surface area contributed by atoms with E-state index in [2.05, 4.69) is 29.1 Å². The monoisotopic (exact) mass is 419 g/mol. The largest absolute Gasteiger partial charge is 0.475 e. The van der Waals surface area contributed by atoms with Gasteiger partial charge in [-0.3, -0.25) is 4.79 Å². The Morgan fingerprint density at radius 1 is 1.25 bits per heavy atom. The van der Waals surface area contributed by atoms with Crippen LogP contribution in [-0.2, 0) is 4.79 Å². The van der Waals surface area contributed by atoms with Crippen LogP contribution in [0.4, 0.5) is 0 Å². The normalized spacial score (nSPS) is 12.2. The van der Waals surface area contributed by atoms with Gasteiger partial charge in [-0.05, 0) is 25.1 Å². The highest BCUT2D eigenvalue weighted by atomic mass is 35.5. The van der Waals surface area contributed by atoms with Crippen LogP contribution in [0.25, 0.3) is 10.2 Å². The molecule has 0 fully saturated rings. The van der Waals surface area contributed by atoms with E-state index in [1.54, 1.807) is 29.7 Å². The van der Waals surface area contributed by atoms with Gasteiger partial charge in [0.2, 0.25) is 11.8 Å². The van der Waals surface area contributed by atoms with Gasteiger partial charge in [0, 0.05) is 18.9 Å². The topological polar surface area (TPSA) is 73.3 Å². The number of halogens is 1. The highest BCUT2D eigenvalue weighted by molar-refractivity contribution is 7.19. The van der Waals surface area contributed by atoms with Crippen molar-refractivity contribution >= 4 is 39.1 Å². The molecule has 3 rings (SSSR count). The molecule has 1 atom stereocenters. The van der Waals surface area contributed by atoms with Gasteiger partial charge in [0.25, 0.3) is 0 Å². The predicted octanol–water partition coefficient (Wildman–Crippen LogP) is 5.16. The first kappa shape index (κ1) is 20.4. The van der Waals surface area contributed by atoms with Gasteiger partial charge in [-0.25, -0.2) is 9.97 Å². The fraction of sp³-hybridized carbons (Fsp3) is 0.350. The fourth-order valence-electron chi connectivity index (χ4n) is 2.52. The van der Waals surface area contributed by atoms with Crippen LogP contribution in [0.1, 0.15) is 38.6 Å². The lowest BCUT2D eigenvalue weighted by Crippen LogP contribution is -2.35. The molecule has 0 radical (unpaired) electrons. The minimum Gasteiger partial charge on any atom is -0.475 e. The Labute approximate surface area is 172 Å². The number of nitrogens with zero attached hydrogens (tertiary/aromatic N) is 2. The van der Waals surface area contributed by atoms with Crippen LogP contribution >= 0.6 is 22.9 Å². The molecular formula is C20H22ClN3O3S. The molecule has 0 bridgehead atoms. The number of rotatable bonds is 7. The molecule has 1 N–H and O–H groups in total. The molecule has 28 heavy (non-hydrogen) atoms. The van der Waals surface area contributed by atoms with E-state index in [1.165, 1.54) is 6.92 Å². The Bertz CT molecular complexity index is 973. The molecule has 0 aliphatic heterocycles. The van der Waals surface area contributed by atoms with Crippen LogP contribution in [0, 0.1) is 0 Å². The quantitative estimate of drug-likeness (QED) is 0.572. The van der Waals surface area contributed by atoms with Crippen molar-refractivity contribution in [2.45, 2.75) is 39.7 Å². The van der Waals surface area contributed by atoms with Gasteiger partial charge in [-0.1, -0.05) is 25.4 Å². The van der Waals surface area contributed by atoms with Crippen molar-refractivity contribution in [1.29, 1.82) is 0 Å². The summed E-state index contributed by atoms with van der Waals surface area (Å²) < 4.78 is 12.4. The Balaban J connectivity index is 1.68. The summed E-state index contributed by atoms with van der Waals surface area (Å²) in [4.78, 5) is 19.9. The number of fused-ring (bicyclic) bond motifs is 1. The second-order valence-corrected chi connectivity index (χ2v) is 8.19. The summed E-state index contributed by atoms with van der Waals surface area (Å²) in [7, 11) is 0. The van der Waals surface area contributed by atoms with E-state index >= 15 is 0 Å². The minimum absolute atomic E-state index is 0.0943. The van der Waals surface area contributed by atoms with E-state index in [0.29, 0.717) is 34.9 Å². The standard InChI is InChI=1S/C20H22ClN3O3S/c1-11(2)20-24-15-6-7-16(18(21)19(15)28-20)27-14-5-8-17(22-9-14)26-10-12(3)23-13(4)25/h5-9,11-12H,10H2,1-4H3,(H,23,25)/t12-/m0/s1. The molecule has 0 aliphatic carbocycles. The van der Waals surface area contributed by atoms with Gasteiger partial charge in [0.15, 0.2) is 0 Å². The van der Waals surface area contributed by atoms with Crippen molar-refractivity contribution in [2.24, 2.45) is 0 Å². The molecule has 1 aromatic carbocycles. The highest BCUT2D eigenvalue weighted by Crippen LogP contribution is 2.39. The Hall–Kier alpha value is -2.38. The maximum atomic E-state index is 11.0. The van der Waals surface area contributed by atoms with E-state index < -0.39 is 0 Å². The maximum Gasteiger partial charge on any atom is 0.217 e. The average molecular weight is 420 g/mol. The van der Waals surface area contributed by atoms with Gasteiger partial charge in [-0.15, -0.1) is 11.3 Å². The average Bonchev–Trinajstić information content (AvgIpc) is 3.08. The number of amides is 1. The van der Waals surface area contributed by atoms with E-state index in [1.807, 2.05) is 19.1 Å². The number of hydrogen-bond acceptors (Lipinski definition) is 6. The van der Waals surface area contributed by atoms with E-state index in [4.69, 9.17) is 21.1 Å². The number of benzene rings is 1. The molecule has 0 spiro atoms. The molecule has 6 nitrogen and oxygen atoms in total. The Morgan fingerprint density at radius 3 is 2.68 bits per heavy atom. The van der Waals surface area contributed by atoms with Crippen LogP contribution in [0.2, 0.25) is 5.02 Å². The van der Waals surface area contributed by atoms with Crippen LogP contribution in [0.3, 0.4) is 0 Å². The summed E-state index contributed by atoms with van der Waals surface area (Å²) in [5, 5.41) is 4.35. The third kappa shape index (κ3) is 4.91. The fourth-order valence-corrected chi connectivity index (χ4v) is 3.83. The lowest BCUT2D eigenvalue weighted by Gasteiger charge is -2.13. The molecule has 2 aromatic heterocycles. The second kappa shape index (κ2) is 8.75. The SMILES string of the molecule is CC(=O)N[C@@H](C)COc1ccc(Oc2ccc3nc(C(C)C)sc3c2Cl)cn1. The molecule has 148 valence electrons. The number of thiazole rings is 1. The van der Waals surface area contributed by atoms with Crippen LogP contribution in [0.15, 0.2) is 30.5 Å². The van der Waals surface area contributed by atoms with Crippen LogP contribution < -0.4 is 14.8 Å². The Morgan fingerprint density at radius 2 is 2.04 bits per heavy atom. The molecular weight excluding hydrogens is 398 g/mol. The van der Waals surface area contributed by atoms with Crippen LogP contribution in [-0.4, -0.2) is 28.5 Å². The number of ether oxygens (including phenoxy) is 2. The van der Waals surface area contributed by atoms with Crippen molar-refractivity contribution in [3.8, 4) is 17.4 Å². The number of aromatic nitrogens is 2. The van der Waals surface area contributed by atoms with E-state index in [-0.39, 0.29) is 11.9 Å². The second-order valence-electron chi connectivity index (χ2n) is 6.78. The Kier molecular flexibility index (Phi) is 6.36. The number of hydrogen-bond donors (Lipinski definition) is 1. The zero-order chi connectivity index (χ0) is 20.3. The molecule has 8 heteroatoms. The highest BCUT2D eigenvalue weighted by Gasteiger charge is 2.14. The summed E-state index contributed by atoms with van der Waals surface area (Å²) >= 11 is 8.12. The zero-order valence-corrected chi connectivity index (χ0v) is 17.7. The summed E-state index contributed by atoms with van der Waals surface area (Å²) in [6.07, 6.45) is 1.57. The number of carbonyl (C=O) groups is 1. The summed E-state index contributed by atoms with van der Waals surface area (Å²) in [6.45, 7) is 7.88. The van der Waals surface area contributed by atoms with Gasteiger partial charge < -0.3 is 14.8 Å². The maximum absolute atomic E-state index is 11.0. The smallest absolute Gasteiger partial charge is 0.217 e. The molecule has 0 saturated carbocycles. The summed E-state index contributed by atoms with van der Waals surface area (Å²) in [5.41, 5.74) is 0.876. The van der Waals surface area contributed by atoms with E-state index in [0.717, 1.165) is 15.2 Å². The molecule has 0 saturated heterocycles. The lowest BCUT2D eigenvalue weighted by molar-refractivity contribution is -0.119. The number of carbonyl (C=O) groups excluding carboxylic acids is 1. The first-order valence-electron chi connectivity index (χ1n) is 8.96. The summed E-state index contributed by atoms with van der Waals surface area (Å²) in [5.74, 6) is 1.82. The number of pyridine rings is 1. The van der Waals surface area contributed by atoms with Gasteiger partial charge >= 0.3 is 0 Å². The van der Waals surface area contributed by atoms with Crippen LogP contribution in [0.5, 0.6) is 17.4 Å². The molecule has 0 aliphatic rings. The third-order valence-electron chi connectivity index (χ3n) is 3.84. The minimum atomic E-state index is -0.101. The van der Waals surface area contributed by atoms with Gasteiger partial charge in [-0.2, -0.15) is 0 Å². The number of nitrogens with one attached hydrogen (secondary N) is 1. The van der Waals surface area contributed by atoms with Crippen molar-refractivity contribution in [1.82, 2.24) is 15.3 Å². The predicted molar refractivity (Wildman–Crippen MR) is 112 cm³/mol. The molecule has 1 amide bonds. The lowest BCUT2D eigenvalue weighted by atomic mass is 10.2. The molecule has 3 aromatic rings. The van der Waals surface area contributed by atoms with Crippen molar-refractivity contribution in [2.75, 3.05) is 6.61 Å². The van der Waals surface area contributed by atoms with Crippen molar-refractivity contribution in [3.63, 3.8) is 0 Å². The van der Waals surface area contributed by atoms with Gasteiger partial charge in [0.05, 0.1) is 27.5 Å². The summed E-state index contributed by atoms with van der Waals surface area (Å²) in [6, 6.07) is 7.10. The zero-order valence-electron chi connectivity index (χ0n) is 16.2. The van der Waals surface area contributed by atoms with Crippen molar-refractivity contribution in [3.05, 3.63) is 40.5 Å². The first-order valence-corrected chi connectivity index (χ1v) is 10.2. The van der Waals surface area contributed by atoms with E-state index in [9.17, 15) is 4.79 Å². The third-order valence-corrected chi connectivity index (χ3v) is 5.72.